The molecule has 1 N–H and O–H groups in total. The van der Waals surface area contributed by atoms with Crippen LogP contribution >= 0.6 is 11.7 Å². The van der Waals surface area contributed by atoms with Gasteiger partial charge in [0.2, 0.25) is 0 Å². The molecule has 1 spiro atoms. The highest BCUT2D eigenvalue weighted by molar-refractivity contribution is 7.00. The van der Waals surface area contributed by atoms with Crippen LogP contribution in [0.4, 0.5) is 0 Å². The Morgan fingerprint density at radius 2 is 2.12 bits per heavy atom. The predicted octanol–water partition coefficient (Wildman–Crippen LogP) is 1.81. The maximum Gasteiger partial charge on any atom is 0.312 e. The number of benzene rings is 1. The molecule has 128 valence electrons. The van der Waals surface area contributed by atoms with Gasteiger partial charge in [0.05, 0.1) is 17.1 Å². The number of likely N-dealkylation sites (N-methyl/N-ethyl adjacent to an activating group) is 1. The Labute approximate surface area is 145 Å². The lowest BCUT2D eigenvalue weighted by atomic mass is 9.76. The fourth-order valence-corrected chi connectivity index (χ4v) is 4.42. The fraction of sp³-hybridized carbons (Fsp3) is 0.588. The van der Waals surface area contributed by atoms with E-state index in [1.165, 1.54) is 17.3 Å². The smallest absolute Gasteiger partial charge is 0.312 e. The van der Waals surface area contributed by atoms with Gasteiger partial charge in [0.25, 0.3) is 0 Å². The zero-order valence-electron chi connectivity index (χ0n) is 13.8. The summed E-state index contributed by atoms with van der Waals surface area (Å²) in [5.41, 5.74) is 2.87. The second-order valence-electron chi connectivity index (χ2n) is 7.05. The lowest BCUT2D eigenvalue weighted by Gasteiger charge is -2.29. The van der Waals surface area contributed by atoms with E-state index in [1.807, 2.05) is 6.07 Å². The van der Waals surface area contributed by atoms with E-state index >= 15 is 0 Å². The number of carbonyl (C=O) groups excluding carboxylic acids is 1. The van der Waals surface area contributed by atoms with Crippen molar-refractivity contribution in [3.8, 4) is 0 Å². The lowest BCUT2D eigenvalue weighted by molar-refractivity contribution is -0.150. The van der Waals surface area contributed by atoms with Crippen molar-refractivity contribution in [2.45, 2.75) is 31.9 Å². The van der Waals surface area contributed by atoms with Gasteiger partial charge in [-0.05, 0) is 50.7 Å². The van der Waals surface area contributed by atoms with Crippen LogP contribution in [0.2, 0.25) is 0 Å². The molecule has 2 aliphatic rings. The Morgan fingerprint density at radius 3 is 2.96 bits per heavy atom. The van der Waals surface area contributed by atoms with Gasteiger partial charge >= 0.3 is 5.97 Å². The van der Waals surface area contributed by atoms with Crippen molar-refractivity contribution in [3.05, 3.63) is 23.8 Å². The number of nitrogens with zero attached hydrogens (tertiary/aromatic N) is 3. The van der Waals surface area contributed by atoms with Crippen LogP contribution in [0.25, 0.3) is 11.0 Å². The molecule has 1 atom stereocenters. The summed E-state index contributed by atoms with van der Waals surface area (Å²) in [5.74, 6) is 0.0115. The Balaban J connectivity index is 1.37. The number of fused-ring (bicyclic) bond motifs is 1. The van der Waals surface area contributed by atoms with E-state index in [1.54, 1.807) is 0 Å². The van der Waals surface area contributed by atoms with E-state index < -0.39 is 0 Å². The number of hydrogen-bond donors (Lipinski definition) is 1. The average molecular weight is 346 g/mol. The van der Waals surface area contributed by atoms with Crippen LogP contribution in [0.3, 0.4) is 0 Å². The molecule has 0 amide bonds. The predicted molar refractivity (Wildman–Crippen MR) is 92.8 cm³/mol. The number of cyclic esters (lactones) is 1. The van der Waals surface area contributed by atoms with Gasteiger partial charge in [0.15, 0.2) is 0 Å². The summed E-state index contributed by atoms with van der Waals surface area (Å²) < 4.78 is 14.2. The second kappa shape index (κ2) is 6.38. The summed E-state index contributed by atoms with van der Waals surface area (Å²) in [7, 11) is 2.07. The third-order valence-corrected chi connectivity index (χ3v) is 5.73. The van der Waals surface area contributed by atoms with Crippen molar-refractivity contribution in [1.29, 1.82) is 0 Å². The number of nitrogens with one attached hydrogen (secondary N) is 1. The molecule has 2 aliphatic heterocycles. The fourth-order valence-electron chi connectivity index (χ4n) is 3.90. The van der Waals surface area contributed by atoms with Crippen LogP contribution in [0.5, 0.6) is 0 Å². The zero-order chi connectivity index (χ0) is 16.6. The van der Waals surface area contributed by atoms with Crippen LogP contribution in [0.1, 0.15) is 24.8 Å². The molecule has 7 heteroatoms. The second-order valence-corrected chi connectivity index (χ2v) is 7.57. The molecule has 2 saturated heterocycles. The molecule has 1 aromatic heterocycles. The molecular weight excluding hydrogens is 324 g/mol. The average Bonchev–Trinajstić information content (AvgIpc) is 3.13. The molecule has 1 aromatic carbocycles. The molecule has 0 saturated carbocycles. The Hall–Kier alpha value is -1.57. The van der Waals surface area contributed by atoms with E-state index in [9.17, 15) is 4.79 Å². The summed E-state index contributed by atoms with van der Waals surface area (Å²) >= 11 is 1.24. The van der Waals surface area contributed by atoms with Crippen LogP contribution in [-0.2, 0) is 16.1 Å². The number of aromatic nitrogens is 2. The van der Waals surface area contributed by atoms with E-state index in [4.69, 9.17) is 4.74 Å². The van der Waals surface area contributed by atoms with Crippen LogP contribution in [-0.4, -0.2) is 52.4 Å². The number of carbonyl (C=O) groups is 1. The number of ether oxygens (including phenoxy) is 1. The van der Waals surface area contributed by atoms with Gasteiger partial charge in [-0.3, -0.25) is 9.69 Å². The third-order valence-electron chi connectivity index (χ3n) is 5.17. The molecule has 2 fully saturated rings. The zero-order valence-corrected chi connectivity index (χ0v) is 14.6. The van der Waals surface area contributed by atoms with Gasteiger partial charge in [-0.15, -0.1) is 0 Å². The molecule has 3 heterocycles. The van der Waals surface area contributed by atoms with Crippen LogP contribution < -0.4 is 5.32 Å². The normalized spacial score (nSPS) is 23.2. The maximum atomic E-state index is 12.3. The Kier molecular flexibility index (Phi) is 4.24. The molecule has 2 aromatic rings. The topological polar surface area (TPSA) is 67.4 Å². The largest absolute Gasteiger partial charge is 0.461 e. The van der Waals surface area contributed by atoms with Crippen molar-refractivity contribution in [2.24, 2.45) is 5.41 Å². The molecule has 0 aliphatic carbocycles. The Morgan fingerprint density at radius 1 is 1.33 bits per heavy atom. The summed E-state index contributed by atoms with van der Waals surface area (Å²) in [6.07, 6.45) is 2.66. The van der Waals surface area contributed by atoms with Crippen molar-refractivity contribution in [2.75, 3.05) is 26.7 Å². The number of rotatable bonds is 4. The lowest BCUT2D eigenvalue weighted by Crippen LogP contribution is -2.39. The monoisotopic (exact) mass is 346 g/mol. The van der Waals surface area contributed by atoms with E-state index in [0.29, 0.717) is 0 Å². The quantitative estimate of drug-likeness (QED) is 0.852. The van der Waals surface area contributed by atoms with E-state index in [0.717, 1.165) is 56.5 Å². The SMILES string of the molecule is CN(Cc1ccc2nsnc2c1)CC1CC2(CCNCC2)C(=O)O1. The first-order valence-corrected chi connectivity index (χ1v) is 9.19. The Bertz CT molecular complexity index is 741. The minimum Gasteiger partial charge on any atom is -0.461 e. The van der Waals surface area contributed by atoms with Gasteiger partial charge in [0, 0.05) is 19.5 Å². The van der Waals surface area contributed by atoms with Gasteiger partial charge in [0.1, 0.15) is 17.1 Å². The summed E-state index contributed by atoms with van der Waals surface area (Å²) in [6.45, 7) is 3.42. The van der Waals surface area contributed by atoms with Crippen molar-refractivity contribution < 1.29 is 9.53 Å². The number of piperidine rings is 1. The first kappa shape index (κ1) is 15.9. The third kappa shape index (κ3) is 3.03. The van der Waals surface area contributed by atoms with Crippen molar-refractivity contribution in [1.82, 2.24) is 19.0 Å². The molecule has 24 heavy (non-hydrogen) atoms. The highest BCUT2D eigenvalue weighted by Crippen LogP contribution is 2.41. The minimum atomic E-state index is -0.234. The van der Waals surface area contributed by atoms with Gasteiger partial charge in [-0.1, -0.05) is 6.07 Å². The molecule has 1 unspecified atom stereocenters. The van der Waals surface area contributed by atoms with Gasteiger partial charge in [-0.2, -0.15) is 8.75 Å². The van der Waals surface area contributed by atoms with E-state index in [2.05, 4.69) is 38.1 Å². The summed E-state index contributed by atoms with van der Waals surface area (Å²) in [5, 5.41) is 3.33. The number of esters is 1. The molecular formula is C17H22N4O2S. The van der Waals surface area contributed by atoms with Gasteiger partial charge in [-0.25, -0.2) is 0 Å². The highest BCUT2D eigenvalue weighted by Gasteiger charge is 2.49. The van der Waals surface area contributed by atoms with Crippen molar-refractivity contribution in [3.63, 3.8) is 0 Å². The minimum absolute atomic E-state index is 0.00488. The molecule has 4 rings (SSSR count). The van der Waals surface area contributed by atoms with Crippen molar-refractivity contribution >= 4 is 28.7 Å². The number of hydrogen-bond acceptors (Lipinski definition) is 7. The highest BCUT2D eigenvalue weighted by atomic mass is 32.1. The van der Waals surface area contributed by atoms with Gasteiger partial charge < -0.3 is 10.1 Å². The molecule has 6 nitrogen and oxygen atoms in total. The van der Waals surface area contributed by atoms with Crippen LogP contribution in [0.15, 0.2) is 18.2 Å². The van der Waals surface area contributed by atoms with E-state index in [-0.39, 0.29) is 17.5 Å². The summed E-state index contributed by atoms with van der Waals surface area (Å²) in [4.78, 5) is 14.6. The maximum absolute atomic E-state index is 12.3. The first-order chi connectivity index (χ1) is 11.6. The standard InChI is InChI=1S/C17H22N4O2S/c1-21(10-12-2-3-14-15(8-12)20-24-19-14)11-13-9-17(16(22)23-13)4-6-18-7-5-17/h2-3,8,13,18H,4-7,9-11H2,1H3. The summed E-state index contributed by atoms with van der Waals surface area (Å²) in [6, 6.07) is 6.20. The molecule has 0 bridgehead atoms. The van der Waals surface area contributed by atoms with Crippen LogP contribution in [0, 0.1) is 5.41 Å². The first-order valence-electron chi connectivity index (χ1n) is 8.46. The molecule has 0 radical (unpaired) electrons.